The molecule has 0 radical (unpaired) electrons. The molecule has 1 saturated heterocycles. The van der Waals surface area contributed by atoms with E-state index in [1.807, 2.05) is 72.1 Å². The Morgan fingerprint density at radius 2 is 1.50 bits per heavy atom. The monoisotopic (exact) mass is 466 g/mol. The van der Waals surface area contributed by atoms with Gasteiger partial charge in [-0.3, -0.25) is 14.5 Å². The van der Waals surface area contributed by atoms with Crippen molar-refractivity contribution < 1.29 is 14.3 Å². The van der Waals surface area contributed by atoms with Crippen LogP contribution in [0.15, 0.2) is 30.3 Å². The minimum Gasteiger partial charge on any atom is -0.483 e. The third-order valence-corrected chi connectivity index (χ3v) is 7.33. The van der Waals surface area contributed by atoms with Gasteiger partial charge in [0.2, 0.25) is 5.91 Å². The molecule has 3 rings (SSSR count). The van der Waals surface area contributed by atoms with Crippen LogP contribution in [-0.4, -0.2) is 68.0 Å². The van der Waals surface area contributed by atoms with Gasteiger partial charge in [-0.15, -0.1) is 0 Å². The number of rotatable bonds is 7. The van der Waals surface area contributed by atoms with Crippen LogP contribution in [0.4, 0.5) is 11.4 Å². The van der Waals surface area contributed by atoms with Crippen molar-refractivity contribution in [2.45, 2.75) is 46.6 Å². The second-order valence-electron chi connectivity index (χ2n) is 9.33. The molecule has 0 atom stereocenters. The molecular weight excluding hydrogens is 428 g/mol. The number of amides is 2. The van der Waals surface area contributed by atoms with Gasteiger partial charge < -0.3 is 20.3 Å². The molecule has 2 aromatic carbocycles. The molecule has 184 valence electrons. The number of ether oxygens (including phenoxy) is 1. The molecule has 2 aromatic rings. The van der Waals surface area contributed by atoms with E-state index >= 15 is 0 Å². The molecule has 0 aromatic heterocycles. The van der Waals surface area contributed by atoms with Gasteiger partial charge in [-0.05, 0) is 74.9 Å². The lowest BCUT2D eigenvalue weighted by Gasteiger charge is -2.37. The fourth-order valence-corrected chi connectivity index (χ4v) is 4.52. The Kier molecular flexibility index (Phi) is 8.20. The van der Waals surface area contributed by atoms with Crippen LogP contribution in [0, 0.1) is 27.7 Å². The average Bonchev–Trinajstić information content (AvgIpc) is 2.86. The summed E-state index contributed by atoms with van der Waals surface area (Å²) in [5.74, 6) is 0.786. The molecule has 0 spiro atoms. The number of para-hydroxylation sites is 1. The number of hydrogen-bond donors (Lipinski definition) is 1. The van der Waals surface area contributed by atoms with Crippen LogP contribution in [0.2, 0.25) is 0 Å². The van der Waals surface area contributed by atoms with E-state index in [1.54, 1.807) is 9.80 Å². The summed E-state index contributed by atoms with van der Waals surface area (Å²) in [6.07, 6.45) is 1.67. The Balaban J connectivity index is 1.50. The molecule has 1 aliphatic heterocycles. The normalized spacial score (nSPS) is 14.6. The molecule has 1 fully saturated rings. The van der Waals surface area contributed by atoms with Crippen molar-refractivity contribution in [3.05, 3.63) is 52.6 Å². The van der Waals surface area contributed by atoms with Crippen LogP contribution in [0.25, 0.3) is 0 Å². The van der Waals surface area contributed by atoms with Crippen LogP contribution in [0.5, 0.6) is 5.75 Å². The first-order valence-corrected chi connectivity index (χ1v) is 11.9. The Bertz CT molecular complexity index is 1000. The zero-order chi connectivity index (χ0) is 25.0. The highest BCUT2D eigenvalue weighted by atomic mass is 16.5. The van der Waals surface area contributed by atoms with Gasteiger partial charge in [0.1, 0.15) is 5.75 Å². The van der Waals surface area contributed by atoms with E-state index in [2.05, 4.69) is 4.90 Å². The lowest BCUT2D eigenvalue weighted by atomic mass is 9.97. The minimum absolute atomic E-state index is 0.00154. The number of nitrogen functional groups attached to an aromatic ring is 1. The number of hydrogen-bond acceptors (Lipinski definition) is 5. The Labute approximate surface area is 203 Å². The van der Waals surface area contributed by atoms with Gasteiger partial charge in [-0.25, -0.2) is 0 Å². The van der Waals surface area contributed by atoms with Crippen molar-refractivity contribution in [2.75, 3.05) is 51.0 Å². The summed E-state index contributed by atoms with van der Waals surface area (Å²) in [4.78, 5) is 31.2. The fraction of sp³-hybridized carbons (Fsp3) is 0.481. The molecule has 7 nitrogen and oxygen atoms in total. The molecule has 1 aliphatic rings. The van der Waals surface area contributed by atoms with Crippen LogP contribution >= 0.6 is 0 Å². The maximum Gasteiger partial charge on any atom is 0.260 e. The number of likely N-dealkylation sites (tertiary alicyclic amines) is 1. The number of nitrogens with two attached hydrogens (primary N) is 1. The Hall–Kier alpha value is -3.06. The second kappa shape index (κ2) is 10.9. The van der Waals surface area contributed by atoms with Crippen molar-refractivity contribution in [3.8, 4) is 5.75 Å². The third kappa shape index (κ3) is 5.53. The highest BCUT2D eigenvalue weighted by Gasteiger charge is 2.27. The van der Waals surface area contributed by atoms with Crippen molar-refractivity contribution in [1.29, 1.82) is 0 Å². The predicted octanol–water partition coefficient (Wildman–Crippen LogP) is 3.47. The number of benzene rings is 2. The summed E-state index contributed by atoms with van der Waals surface area (Å²) in [5.41, 5.74) is 11.8. The highest BCUT2D eigenvalue weighted by Crippen LogP contribution is 2.34. The molecule has 34 heavy (non-hydrogen) atoms. The number of carbonyl (C=O) groups is 2. The first-order valence-electron chi connectivity index (χ1n) is 11.9. The molecule has 2 N–H and O–H groups in total. The van der Waals surface area contributed by atoms with Gasteiger partial charge >= 0.3 is 0 Å². The van der Waals surface area contributed by atoms with Crippen molar-refractivity contribution in [3.63, 3.8) is 0 Å². The van der Waals surface area contributed by atoms with Gasteiger partial charge in [0.25, 0.3) is 5.91 Å². The Morgan fingerprint density at radius 3 is 2.06 bits per heavy atom. The van der Waals surface area contributed by atoms with Gasteiger partial charge in [0.05, 0.1) is 6.54 Å². The first kappa shape index (κ1) is 25.6. The van der Waals surface area contributed by atoms with Crippen LogP contribution in [0.3, 0.4) is 0 Å². The highest BCUT2D eigenvalue weighted by molar-refractivity contribution is 5.94. The average molecular weight is 467 g/mol. The zero-order valence-corrected chi connectivity index (χ0v) is 21.4. The van der Waals surface area contributed by atoms with E-state index in [-0.39, 0.29) is 24.5 Å². The smallest absolute Gasteiger partial charge is 0.260 e. The zero-order valence-electron chi connectivity index (χ0n) is 21.4. The number of likely N-dealkylation sites (N-methyl/N-ethyl adjacent to an activating group) is 2. The topological polar surface area (TPSA) is 79.1 Å². The molecule has 2 amide bonds. The molecule has 0 unspecified atom stereocenters. The van der Waals surface area contributed by atoms with Gasteiger partial charge in [-0.2, -0.15) is 0 Å². The lowest BCUT2D eigenvalue weighted by Crippen LogP contribution is -2.49. The largest absolute Gasteiger partial charge is 0.483 e. The first-order chi connectivity index (χ1) is 16.1. The molecule has 0 bridgehead atoms. The van der Waals surface area contributed by atoms with Gasteiger partial charge in [0.15, 0.2) is 6.61 Å². The van der Waals surface area contributed by atoms with Gasteiger partial charge in [-0.1, -0.05) is 18.2 Å². The van der Waals surface area contributed by atoms with E-state index in [0.717, 1.165) is 65.3 Å². The van der Waals surface area contributed by atoms with Crippen LogP contribution < -0.4 is 15.4 Å². The third-order valence-electron chi connectivity index (χ3n) is 7.33. The molecule has 1 heterocycles. The maximum absolute atomic E-state index is 12.9. The number of anilines is 2. The summed E-state index contributed by atoms with van der Waals surface area (Å²) < 4.78 is 5.99. The summed E-state index contributed by atoms with van der Waals surface area (Å²) >= 11 is 0. The summed E-state index contributed by atoms with van der Waals surface area (Å²) in [7, 11) is 3.66. The Morgan fingerprint density at radius 1 is 0.941 bits per heavy atom. The molecule has 0 saturated carbocycles. The van der Waals surface area contributed by atoms with E-state index in [9.17, 15) is 9.59 Å². The summed E-state index contributed by atoms with van der Waals surface area (Å²) in [6.45, 7) is 9.87. The molecule has 7 heteroatoms. The second-order valence-corrected chi connectivity index (χ2v) is 9.33. The van der Waals surface area contributed by atoms with Gasteiger partial charge in [0, 0.05) is 44.6 Å². The van der Waals surface area contributed by atoms with E-state index in [0.29, 0.717) is 6.54 Å². The van der Waals surface area contributed by atoms with Crippen molar-refractivity contribution >= 4 is 23.2 Å². The van der Waals surface area contributed by atoms with Crippen LogP contribution in [0.1, 0.15) is 35.1 Å². The lowest BCUT2D eigenvalue weighted by molar-refractivity contribution is -0.135. The molecular formula is C27H38N4O3. The molecule has 0 aliphatic carbocycles. The SMILES string of the molecule is Cc1c(C)c(OCC(=O)N(C)C2CCN(CC(=O)N(C)c3ccccc3)CC2)c(C)c(C)c1N. The van der Waals surface area contributed by atoms with E-state index in [4.69, 9.17) is 10.5 Å². The fourth-order valence-electron chi connectivity index (χ4n) is 4.52. The number of carbonyl (C=O) groups excluding carboxylic acids is 2. The predicted molar refractivity (Wildman–Crippen MR) is 137 cm³/mol. The quantitative estimate of drug-likeness (QED) is 0.632. The minimum atomic E-state index is -0.0377. The standard InChI is InChI=1S/C27H38N4O3/c1-18-20(3)27(21(4)19(2)26(18)28)34-17-25(33)30(6)23-12-14-31(15-13-23)16-24(32)29(5)22-10-8-7-9-11-22/h7-11,23H,12-17,28H2,1-6H3. The van der Waals surface area contributed by atoms with Crippen LogP contribution in [-0.2, 0) is 9.59 Å². The number of nitrogens with zero attached hydrogens (tertiary/aromatic N) is 3. The summed E-state index contributed by atoms with van der Waals surface area (Å²) in [5, 5.41) is 0. The van der Waals surface area contributed by atoms with E-state index in [1.165, 1.54) is 0 Å². The number of piperidine rings is 1. The van der Waals surface area contributed by atoms with Crippen molar-refractivity contribution in [1.82, 2.24) is 9.80 Å². The van der Waals surface area contributed by atoms with Crippen molar-refractivity contribution in [2.24, 2.45) is 0 Å². The van der Waals surface area contributed by atoms with E-state index < -0.39 is 0 Å². The maximum atomic E-state index is 12.9. The summed E-state index contributed by atoms with van der Waals surface area (Å²) in [6, 6.07) is 9.81.